The second kappa shape index (κ2) is 9.45. The van der Waals surface area contributed by atoms with Crippen LogP contribution in [0.25, 0.3) is 16.7 Å². The minimum atomic E-state index is -1.05. The van der Waals surface area contributed by atoms with Crippen LogP contribution in [-0.4, -0.2) is 91.1 Å². The van der Waals surface area contributed by atoms with Crippen molar-refractivity contribution in [1.82, 2.24) is 29.1 Å². The van der Waals surface area contributed by atoms with Crippen molar-refractivity contribution in [1.29, 1.82) is 0 Å². The summed E-state index contributed by atoms with van der Waals surface area (Å²) in [6.45, 7) is 9.56. The van der Waals surface area contributed by atoms with Gasteiger partial charge >= 0.3 is 0 Å². The Balaban J connectivity index is 1.20. The van der Waals surface area contributed by atoms with E-state index in [0.29, 0.717) is 49.0 Å². The predicted octanol–water partition coefficient (Wildman–Crippen LogP) is 2.26. The van der Waals surface area contributed by atoms with Gasteiger partial charge in [-0.15, -0.1) is 0 Å². The van der Waals surface area contributed by atoms with E-state index in [9.17, 15) is 14.7 Å². The molecule has 2 atom stereocenters. The quantitative estimate of drug-likeness (QED) is 0.537. The first-order valence-electron chi connectivity index (χ1n) is 14.1. The maximum absolute atomic E-state index is 13.4. The molecule has 2 unspecified atom stereocenters. The van der Waals surface area contributed by atoms with Crippen LogP contribution in [0.4, 0.5) is 5.69 Å². The third-order valence-corrected chi connectivity index (χ3v) is 9.32. The van der Waals surface area contributed by atoms with Crippen LogP contribution in [-0.2, 0) is 11.3 Å². The van der Waals surface area contributed by atoms with E-state index in [1.807, 2.05) is 24.0 Å². The molecule has 3 aromatic rings. The number of piperidine rings is 1. The van der Waals surface area contributed by atoms with E-state index in [1.165, 1.54) is 10.9 Å². The molecule has 3 fully saturated rings. The van der Waals surface area contributed by atoms with E-state index in [4.69, 9.17) is 0 Å². The van der Waals surface area contributed by atoms with E-state index in [2.05, 4.69) is 52.9 Å². The van der Waals surface area contributed by atoms with Gasteiger partial charge < -0.3 is 14.9 Å². The van der Waals surface area contributed by atoms with E-state index in [1.54, 1.807) is 10.9 Å². The number of anilines is 1. The number of aliphatic hydroxyl groups is 1. The SMILES string of the molecule is CC1CN(c2cccc(-n3ncc4c(=O)n(CC5(O)CCN(C(=O)C6(C)CC6)CC5)cnc43)c2)CC(C)N1C. The third-order valence-electron chi connectivity index (χ3n) is 9.32. The molecule has 1 aliphatic carbocycles. The van der Waals surface area contributed by atoms with Crippen molar-refractivity contribution in [2.24, 2.45) is 5.41 Å². The summed E-state index contributed by atoms with van der Waals surface area (Å²) in [7, 11) is 2.18. The number of amides is 1. The van der Waals surface area contributed by atoms with Gasteiger partial charge in [-0.05, 0) is 64.8 Å². The Bertz CT molecular complexity index is 1440. The fourth-order valence-corrected chi connectivity index (χ4v) is 6.07. The van der Waals surface area contributed by atoms with Crippen LogP contribution >= 0.6 is 0 Å². The minimum Gasteiger partial charge on any atom is -0.388 e. The highest BCUT2D eigenvalue weighted by atomic mass is 16.3. The van der Waals surface area contributed by atoms with Crippen molar-refractivity contribution in [3.8, 4) is 5.69 Å². The predicted molar refractivity (Wildman–Crippen MR) is 150 cm³/mol. The molecule has 1 saturated carbocycles. The normalized spacial score (nSPS) is 24.7. The minimum absolute atomic E-state index is 0.147. The number of carbonyl (C=O) groups excluding carboxylic acids is 1. The first-order valence-corrected chi connectivity index (χ1v) is 14.1. The molecule has 4 heterocycles. The number of benzene rings is 1. The molecule has 0 spiro atoms. The molecule has 6 rings (SSSR count). The number of likely N-dealkylation sites (tertiary alicyclic amines) is 1. The molecule has 10 heteroatoms. The average molecular weight is 534 g/mol. The van der Waals surface area contributed by atoms with Gasteiger partial charge in [0.15, 0.2) is 5.65 Å². The van der Waals surface area contributed by atoms with Crippen molar-refractivity contribution in [2.75, 3.05) is 38.1 Å². The largest absolute Gasteiger partial charge is 0.388 e. The molecule has 1 amide bonds. The number of likely N-dealkylation sites (N-methyl/N-ethyl adjacent to an activating group) is 1. The van der Waals surface area contributed by atoms with Crippen LogP contribution in [0.3, 0.4) is 0 Å². The zero-order chi connectivity index (χ0) is 27.5. The maximum atomic E-state index is 13.4. The number of hydrogen-bond acceptors (Lipinski definition) is 7. The third kappa shape index (κ3) is 4.74. The van der Waals surface area contributed by atoms with Crippen LogP contribution in [0.1, 0.15) is 46.5 Å². The van der Waals surface area contributed by atoms with E-state index < -0.39 is 5.60 Å². The maximum Gasteiger partial charge on any atom is 0.264 e. The zero-order valence-corrected chi connectivity index (χ0v) is 23.4. The Morgan fingerprint density at radius 1 is 1.08 bits per heavy atom. The van der Waals surface area contributed by atoms with Crippen molar-refractivity contribution in [3.05, 3.63) is 47.1 Å². The number of carbonyl (C=O) groups is 1. The van der Waals surface area contributed by atoms with Crippen LogP contribution < -0.4 is 10.5 Å². The van der Waals surface area contributed by atoms with Gasteiger partial charge in [-0.25, -0.2) is 9.67 Å². The number of hydrogen-bond donors (Lipinski definition) is 1. The van der Waals surface area contributed by atoms with Gasteiger partial charge in [-0.2, -0.15) is 5.10 Å². The molecule has 39 heavy (non-hydrogen) atoms. The van der Waals surface area contributed by atoms with Crippen LogP contribution in [0.5, 0.6) is 0 Å². The molecule has 0 bridgehead atoms. The summed E-state index contributed by atoms with van der Waals surface area (Å²) in [5, 5.41) is 16.2. The molecule has 3 aliphatic rings. The fourth-order valence-electron chi connectivity index (χ4n) is 6.07. The first-order chi connectivity index (χ1) is 18.6. The molecule has 208 valence electrons. The Hall–Kier alpha value is -3.24. The molecular weight excluding hydrogens is 494 g/mol. The van der Waals surface area contributed by atoms with Crippen LogP contribution in [0.15, 0.2) is 41.6 Å². The number of rotatable bonds is 5. The van der Waals surface area contributed by atoms with Crippen LogP contribution in [0, 0.1) is 5.41 Å². The lowest BCUT2D eigenvalue weighted by Crippen LogP contribution is -2.55. The molecule has 0 radical (unpaired) electrons. The lowest BCUT2D eigenvalue weighted by Gasteiger charge is -2.43. The van der Waals surface area contributed by atoms with E-state index >= 15 is 0 Å². The summed E-state index contributed by atoms with van der Waals surface area (Å²) in [6, 6.07) is 9.11. The summed E-state index contributed by atoms with van der Waals surface area (Å²) in [4.78, 5) is 37.4. The lowest BCUT2D eigenvalue weighted by atomic mass is 9.90. The van der Waals surface area contributed by atoms with Crippen molar-refractivity contribution >= 4 is 22.6 Å². The second-order valence-electron chi connectivity index (χ2n) is 12.3. The smallest absolute Gasteiger partial charge is 0.264 e. The monoisotopic (exact) mass is 533 g/mol. The molecule has 1 aromatic carbocycles. The Morgan fingerprint density at radius 3 is 2.41 bits per heavy atom. The average Bonchev–Trinajstić information content (AvgIpc) is 3.53. The van der Waals surface area contributed by atoms with Gasteiger partial charge in [0.25, 0.3) is 5.56 Å². The van der Waals surface area contributed by atoms with Gasteiger partial charge in [0.2, 0.25) is 5.91 Å². The highest BCUT2D eigenvalue weighted by Crippen LogP contribution is 2.47. The highest BCUT2D eigenvalue weighted by molar-refractivity contribution is 5.85. The number of nitrogens with zero attached hydrogens (tertiary/aromatic N) is 7. The summed E-state index contributed by atoms with van der Waals surface area (Å²) in [6.07, 6.45) is 5.84. The fraction of sp³-hybridized carbons (Fsp3) is 0.586. The Labute approximate surface area is 228 Å². The van der Waals surface area contributed by atoms with Gasteiger partial charge in [-0.1, -0.05) is 13.0 Å². The summed E-state index contributed by atoms with van der Waals surface area (Å²) < 4.78 is 3.20. The molecule has 2 aliphatic heterocycles. The zero-order valence-electron chi connectivity index (χ0n) is 23.4. The Morgan fingerprint density at radius 2 is 1.74 bits per heavy atom. The highest BCUT2D eigenvalue weighted by Gasteiger charge is 2.48. The van der Waals surface area contributed by atoms with Crippen molar-refractivity contribution < 1.29 is 9.90 Å². The van der Waals surface area contributed by atoms with Gasteiger partial charge in [0.1, 0.15) is 11.7 Å². The second-order valence-corrected chi connectivity index (χ2v) is 12.3. The molecule has 1 N–H and O–H groups in total. The van der Waals surface area contributed by atoms with Gasteiger partial charge in [-0.3, -0.25) is 19.1 Å². The molecule has 10 nitrogen and oxygen atoms in total. The van der Waals surface area contributed by atoms with Gasteiger partial charge in [0.05, 0.1) is 24.0 Å². The number of fused-ring (bicyclic) bond motifs is 1. The lowest BCUT2D eigenvalue weighted by molar-refractivity contribution is -0.141. The first kappa shape index (κ1) is 26.0. The summed E-state index contributed by atoms with van der Waals surface area (Å²) in [5.41, 5.74) is 0.995. The molecule has 2 aromatic heterocycles. The van der Waals surface area contributed by atoms with Gasteiger partial charge in [0, 0.05) is 49.4 Å². The number of aromatic nitrogens is 4. The van der Waals surface area contributed by atoms with Crippen molar-refractivity contribution in [2.45, 2.75) is 70.7 Å². The summed E-state index contributed by atoms with van der Waals surface area (Å²) in [5.74, 6) is 0.193. The summed E-state index contributed by atoms with van der Waals surface area (Å²) >= 11 is 0. The van der Waals surface area contributed by atoms with E-state index in [0.717, 1.165) is 37.3 Å². The topological polar surface area (TPSA) is 99.7 Å². The number of piperazine rings is 1. The standard InChI is InChI=1S/C29H39N7O3/c1-20-16-34(17-21(2)32(20)4)22-6-5-7-23(14-22)36-25-24(15-31-36)26(37)35(19-30-25)18-29(39)10-12-33(13-11-29)27(38)28(3)8-9-28/h5-7,14-15,19-21,39H,8-13,16-18H2,1-4H3. The molecule has 2 saturated heterocycles. The van der Waals surface area contributed by atoms with Crippen LogP contribution in [0.2, 0.25) is 0 Å². The van der Waals surface area contributed by atoms with E-state index in [-0.39, 0.29) is 23.4 Å². The van der Waals surface area contributed by atoms with Crippen molar-refractivity contribution in [3.63, 3.8) is 0 Å². The molecular formula is C29H39N7O3. The Kier molecular flexibility index (Phi) is 6.30.